The first-order chi connectivity index (χ1) is 6.22. The molecule has 0 heterocycles. The molecule has 0 aromatic carbocycles. The molecular formula is C10H16O3. The Morgan fingerprint density at radius 3 is 2.92 bits per heavy atom. The van der Waals surface area contributed by atoms with Crippen LogP contribution in [0.15, 0.2) is 0 Å². The monoisotopic (exact) mass is 184 g/mol. The lowest BCUT2D eigenvalue weighted by molar-refractivity contribution is -0.143. The van der Waals surface area contributed by atoms with E-state index < -0.39 is 0 Å². The van der Waals surface area contributed by atoms with E-state index >= 15 is 0 Å². The smallest absolute Gasteiger partial charge is 0.305 e. The van der Waals surface area contributed by atoms with Crippen LogP contribution < -0.4 is 0 Å². The second-order valence-corrected chi connectivity index (χ2v) is 3.49. The van der Waals surface area contributed by atoms with Crippen molar-refractivity contribution in [2.24, 2.45) is 5.92 Å². The quantitative estimate of drug-likeness (QED) is 0.624. The molecule has 0 bridgehead atoms. The van der Waals surface area contributed by atoms with Crippen molar-refractivity contribution in [3.05, 3.63) is 0 Å². The van der Waals surface area contributed by atoms with Crippen LogP contribution in [-0.4, -0.2) is 18.4 Å². The first-order valence-electron chi connectivity index (χ1n) is 4.89. The zero-order chi connectivity index (χ0) is 9.68. The minimum atomic E-state index is -0.137. The lowest BCUT2D eigenvalue weighted by Crippen LogP contribution is -2.06. The topological polar surface area (TPSA) is 43.4 Å². The maximum absolute atomic E-state index is 11.0. The van der Waals surface area contributed by atoms with Gasteiger partial charge in [0.05, 0.1) is 6.61 Å². The molecule has 0 unspecified atom stereocenters. The summed E-state index contributed by atoms with van der Waals surface area (Å²) in [5, 5.41) is 0. The fourth-order valence-corrected chi connectivity index (χ4v) is 1.69. The second kappa shape index (κ2) is 5.00. The summed E-state index contributed by atoms with van der Waals surface area (Å²) >= 11 is 0. The molecule has 0 radical (unpaired) electrons. The Kier molecular flexibility index (Phi) is 3.93. The summed E-state index contributed by atoms with van der Waals surface area (Å²) in [5.41, 5.74) is 0. The summed E-state index contributed by atoms with van der Waals surface area (Å²) in [6.07, 6.45) is 3.60. The highest BCUT2D eigenvalue weighted by atomic mass is 16.5. The molecule has 74 valence electrons. The zero-order valence-corrected chi connectivity index (χ0v) is 8.04. The summed E-state index contributed by atoms with van der Waals surface area (Å²) < 4.78 is 4.80. The number of hydrogen-bond donors (Lipinski definition) is 0. The number of ether oxygens (including phenoxy) is 1. The van der Waals surface area contributed by atoms with Crippen LogP contribution in [0, 0.1) is 5.92 Å². The molecule has 1 fully saturated rings. The van der Waals surface area contributed by atoms with Crippen molar-refractivity contribution in [3.8, 4) is 0 Å². The molecule has 1 saturated carbocycles. The van der Waals surface area contributed by atoms with Gasteiger partial charge in [-0.05, 0) is 25.7 Å². The fourth-order valence-electron chi connectivity index (χ4n) is 1.69. The maximum atomic E-state index is 11.0. The average Bonchev–Trinajstić information content (AvgIpc) is 2.49. The molecule has 3 nitrogen and oxygen atoms in total. The molecule has 0 N–H and O–H groups in total. The number of Topliss-reactive ketones (excluding diaryl/α,β-unsaturated/α-hetero) is 1. The number of rotatable bonds is 4. The van der Waals surface area contributed by atoms with Crippen molar-refractivity contribution in [3.63, 3.8) is 0 Å². The van der Waals surface area contributed by atoms with Gasteiger partial charge in [-0.1, -0.05) is 0 Å². The van der Waals surface area contributed by atoms with Crippen LogP contribution in [-0.2, 0) is 14.3 Å². The largest absolute Gasteiger partial charge is 0.466 e. The van der Waals surface area contributed by atoms with Gasteiger partial charge < -0.3 is 4.74 Å². The molecule has 0 spiro atoms. The normalized spacial score (nSPS) is 21.9. The average molecular weight is 184 g/mol. The molecular weight excluding hydrogens is 168 g/mol. The van der Waals surface area contributed by atoms with Gasteiger partial charge in [0.15, 0.2) is 0 Å². The van der Waals surface area contributed by atoms with E-state index in [4.69, 9.17) is 4.74 Å². The molecule has 0 aromatic rings. The van der Waals surface area contributed by atoms with Crippen LogP contribution in [0.3, 0.4) is 0 Å². The molecule has 0 aliphatic heterocycles. The molecule has 1 aliphatic rings. The molecule has 3 heteroatoms. The molecule has 1 rings (SSSR count). The third-order valence-electron chi connectivity index (χ3n) is 2.41. The van der Waals surface area contributed by atoms with E-state index in [0.717, 1.165) is 12.8 Å². The summed E-state index contributed by atoms with van der Waals surface area (Å²) in [6, 6.07) is 0. The molecule has 0 amide bonds. The second-order valence-electron chi connectivity index (χ2n) is 3.49. The summed E-state index contributed by atoms with van der Waals surface area (Å²) in [7, 11) is 0. The Balaban J connectivity index is 2.12. The van der Waals surface area contributed by atoms with Gasteiger partial charge in [-0.3, -0.25) is 9.59 Å². The van der Waals surface area contributed by atoms with Crippen LogP contribution in [0.25, 0.3) is 0 Å². The predicted molar refractivity (Wildman–Crippen MR) is 48.2 cm³/mol. The number of carbonyl (C=O) groups excluding carboxylic acids is 2. The molecule has 1 atom stereocenters. The fraction of sp³-hybridized carbons (Fsp3) is 0.800. The lowest BCUT2D eigenvalue weighted by atomic mass is 10.0. The SMILES string of the molecule is CCOC(=O)CC[C@H]1CCC(=O)C1. The first kappa shape index (κ1) is 10.2. The highest BCUT2D eigenvalue weighted by Gasteiger charge is 2.22. The van der Waals surface area contributed by atoms with Crippen LogP contribution in [0.5, 0.6) is 0 Å². The van der Waals surface area contributed by atoms with Crippen LogP contribution in [0.2, 0.25) is 0 Å². The number of esters is 1. The van der Waals surface area contributed by atoms with Crippen molar-refractivity contribution in [2.45, 2.75) is 39.0 Å². The van der Waals surface area contributed by atoms with Gasteiger partial charge in [-0.15, -0.1) is 0 Å². The minimum Gasteiger partial charge on any atom is -0.466 e. The third kappa shape index (κ3) is 3.57. The Morgan fingerprint density at radius 2 is 2.38 bits per heavy atom. The minimum absolute atomic E-state index is 0.137. The van der Waals surface area contributed by atoms with Crippen molar-refractivity contribution in [1.29, 1.82) is 0 Å². The maximum Gasteiger partial charge on any atom is 0.305 e. The van der Waals surface area contributed by atoms with E-state index in [2.05, 4.69) is 0 Å². The molecule has 1 aliphatic carbocycles. The Bertz CT molecular complexity index is 198. The van der Waals surface area contributed by atoms with E-state index in [1.807, 2.05) is 0 Å². The highest BCUT2D eigenvalue weighted by Crippen LogP contribution is 2.26. The van der Waals surface area contributed by atoms with Gasteiger partial charge in [0.2, 0.25) is 0 Å². The standard InChI is InChI=1S/C10H16O3/c1-2-13-10(12)6-4-8-3-5-9(11)7-8/h8H,2-7H2,1H3/t8-/m1/s1. The third-order valence-corrected chi connectivity index (χ3v) is 2.41. The van der Waals surface area contributed by atoms with Crippen molar-refractivity contribution in [2.75, 3.05) is 6.61 Å². The number of hydrogen-bond acceptors (Lipinski definition) is 3. The van der Waals surface area contributed by atoms with E-state index in [-0.39, 0.29) is 5.97 Å². The lowest BCUT2D eigenvalue weighted by Gasteiger charge is -2.06. The van der Waals surface area contributed by atoms with E-state index in [0.29, 0.717) is 37.6 Å². The molecule has 0 saturated heterocycles. The predicted octanol–water partition coefficient (Wildman–Crippen LogP) is 1.70. The van der Waals surface area contributed by atoms with E-state index in [9.17, 15) is 9.59 Å². The van der Waals surface area contributed by atoms with E-state index in [1.165, 1.54) is 0 Å². The summed E-state index contributed by atoms with van der Waals surface area (Å²) in [5.74, 6) is 0.632. The Labute approximate surface area is 78.5 Å². The summed E-state index contributed by atoms with van der Waals surface area (Å²) in [6.45, 7) is 2.25. The zero-order valence-electron chi connectivity index (χ0n) is 8.04. The van der Waals surface area contributed by atoms with Gasteiger partial charge in [0, 0.05) is 19.3 Å². The van der Waals surface area contributed by atoms with Gasteiger partial charge in [0.1, 0.15) is 5.78 Å². The molecule has 0 aromatic heterocycles. The van der Waals surface area contributed by atoms with Gasteiger partial charge in [-0.25, -0.2) is 0 Å². The number of ketones is 1. The van der Waals surface area contributed by atoms with Gasteiger partial charge in [-0.2, -0.15) is 0 Å². The first-order valence-corrected chi connectivity index (χ1v) is 4.89. The van der Waals surface area contributed by atoms with Gasteiger partial charge >= 0.3 is 5.97 Å². The van der Waals surface area contributed by atoms with Crippen molar-refractivity contribution < 1.29 is 14.3 Å². The number of carbonyl (C=O) groups is 2. The van der Waals surface area contributed by atoms with Crippen LogP contribution >= 0.6 is 0 Å². The Hall–Kier alpha value is -0.860. The highest BCUT2D eigenvalue weighted by molar-refractivity contribution is 5.80. The van der Waals surface area contributed by atoms with Gasteiger partial charge in [0.25, 0.3) is 0 Å². The van der Waals surface area contributed by atoms with Crippen LogP contribution in [0.1, 0.15) is 39.0 Å². The van der Waals surface area contributed by atoms with Crippen molar-refractivity contribution in [1.82, 2.24) is 0 Å². The Morgan fingerprint density at radius 1 is 1.62 bits per heavy atom. The van der Waals surface area contributed by atoms with E-state index in [1.54, 1.807) is 6.92 Å². The molecule has 13 heavy (non-hydrogen) atoms. The van der Waals surface area contributed by atoms with Crippen LogP contribution in [0.4, 0.5) is 0 Å². The summed E-state index contributed by atoms with van der Waals surface area (Å²) in [4.78, 5) is 21.9. The van der Waals surface area contributed by atoms with Crippen molar-refractivity contribution >= 4 is 11.8 Å².